The van der Waals surface area contributed by atoms with Crippen LogP contribution in [0.15, 0.2) is 34.9 Å². The third kappa shape index (κ3) is 3.79. The molecule has 4 rings (SSSR count). The number of ketones is 1. The SMILES string of the molecule is Cc1cc(-n2c(C)cc(C(=O)CN3CCN(c4cccc(C)c4C)CC3)c2C)no1. The minimum atomic E-state index is 0.162. The zero-order valence-corrected chi connectivity index (χ0v) is 18.5. The van der Waals surface area contributed by atoms with E-state index < -0.39 is 0 Å². The average molecular weight is 407 g/mol. The van der Waals surface area contributed by atoms with Gasteiger partial charge in [-0.2, -0.15) is 0 Å². The van der Waals surface area contributed by atoms with Gasteiger partial charge in [-0.1, -0.05) is 17.3 Å². The second-order valence-electron chi connectivity index (χ2n) is 8.32. The molecular formula is C24H30N4O2. The Balaban J connectivity index is 1.43. The van der Waals surface area contributed by atoms with Gasteiger partial charge < -0.3 is 9.42 Å². The Bertz CT molecular complexity index is 1070. The molecule has 0 aliphatic carbocycles. The summed E-state index contributed by atoms with van der Waals surface area (Å²) in [5.74, 6) is 1.64. The first-order chi connectivity index (χ1) is 14.3. The van der Waals surface area contributed by atoms with Gasteiger partial charge >= 0.3 is 0 Å². The molecule has 0 N–H and O–H groups in total. The fraction of sp³-hybridized carbons (Fsp3) is 0.417. The Kier molecular flexibility index (Phi) is 5.52. The lowest BCUT2D eigenvalue weighted by Crippen LogP contribution is -2.48. The van der Waals surface area contributed by atoms with E-state index >= 15 is 0 Å². The second-order valence-corrected chi connectivity index (χ2v) is 8.32. The summed E-state index contributed by atoms with van der Waals surface area (Å²) in [6.07, 6.45) is 0. The van der Waals surface area contributed by atoms with Gasteiger partial charge in [-0.05, 0) is 57.9 Å². The van der Waals surface area contributed by atoms with Crippen LogP contribution in [0.3, 0.4) is 0 Å². The quantitative estimate of drug-likeness (QED) is 0.599. The normalized spacial score (nSPS) is 15.0. The molecule has 0 bridgehead atoms. The molecule has 158 valence electrons. The summed E-state index contributed by atoms with van der Waals surface area (Å²) in [5.41, 5.74) is 6.65. The van der Waals surface area contributed by atoms with Crippen LogP contribution < -0.4 is 4.90 Å². The number of hydrogen-bond donors (Lipinski definition) is 0. The van der Waals surface area contributed by atoms with Crippen LogP contribution in [0.5, 0.6) is 0 Å². The predicted octanol–water partition coefficient (Wildman–Crippen LogP) is 4.01. The van der Waals surface area contributed by atoms with E-state index in [1.807, 2.05) is 37.5 Å². The fourth-order valence-electron chi connectivity index (χ4n) is 4.37. The number of Topliss-reactive ketones (excluding diaryl/α,β-unsaturated/α-hetero) is 1. The molecular weight excluding hydrogens is 376 g/mol. The lowest BCUT2D eigenvalue weighted by molar-refractivity contribution is 0.0925. The Labute approximate surface area is 178 Å². The van der Waals surface area contributed by atoms with Crippen molar-refractivity contribution in [3.63, 3.8) is 0 Å². The maximum absolute atomic E-state index is 13.1. The van der Waals surface area contributed by atoms with E-state index in [9.17, 15) is 4.79 Å². The molecule has 30 heavy (non-hydrogen) atoms. The highest BCUT2D eigenvalue weighted by Gasteiger charge is 2.23. The molecule has 0 atom stereocenters. The first-order valence-corrected chi connectivity index (χ1v) is 10.5. The van der Waals surface area contributed by atoms with Crippen molar-refractivity contribution >= 4 is 11.5 Å². The summed E-state index contributed by atoms with van der Waals surface area (Å²) >= 11 is 0. The largest absolute Gasteiger partial charge is 0.369 e. The van der Waals surface area contributed by atoms with Crippen LogP contribution in [0.2, 0.25) is 0 Å². The number of rotatable bonds is 5. The van der Waals surface area contributed by atoms with Gasteiger partial charge in [-0.3, -0.25) is 14.3 Å². The molecule has 1 aromatic carbocycles. The Morgan fingerprint density at radius 1 is 1.03 bits per heavy atom. The van der Waals surface area contributed by atoms with Crippen LogP contribution in [-0.2, 0) is 0 Å². The molecule has 0 saturated carbocycles. The Morgan fingerprint density at radius 3 is 2.43 bits per heavy atom. The molecule has 1 aliphatic rings. The van der Waals surface area contributed by atoms with Crippen molar-refractivity contribution in [3.8, 4) is 5.82 Å². The zero-order valence-electron chi connectivity index (χ0n) is 18.5. The molecule has 1 aliphatic heterocycles. The van der Waals surface area contributed by atoms with Crippen molar-refractivity contribution < 1.29 is 9.32 Å². The Morgan fingerprint density at radius 2 is 1.77 bits per heavy atom. The molecule has 2 aromatic heterocycles. The zero-order chi connectivity index (χ0) is 21.4. The highest BCUT2D eigenvalue weighted by Crippen LogP contribution is 2.25. The lowest BCUT2D eigenvalue weighted by Gasteiger charge is -2.36. The number of anilines is 1. The summed E-state index contributed by atoms with van der Waals surface area (Å²) in [7, 11) is 0. The van der Waals surface area contributed by atoms with Crippen LogP contribution in [-0.4, -0.2) is 53.1 Å². The standard InChI is InChI=1S/C24H30N4O2/c1-16-7-6-8-22(19(16)4)27-11-9-26(10-12-27)15-23(29)21-13-17(2)28(20(21)5)24-14-18(3)30-25-24/h6-8,13-14H,9-12,15H2,1-5H3. The van der Waals surface area contributed by atoms with Crippen molar-refractivity contribution in [2.75, 3.05) is 37.6 Å². The number of piperazine rings is 1. The third-order valence-corrected chi connectivity index (χ3v) is 6.23. The summed E-state index contributed by atoms with van der Waals surface area (Å²) in [6, 6.07) is 10.3. The second kappa shape index (κ2) is 8.11. The monoisotopic (exact) mass is 406 g/mol. The van der Waals surface area contributed by atoms with E-state index in [2.05, 4.69) is 47.0 Å². The molecule has 1 saturated heterocycles. The lowest BCUT2D eigenvalue weighted by atomic mass is 10.1. The molecule has 0 spiro atoms. The van der Waals surface area contributed by atoms with Crippen molar-refractivity contribution in [3.05, 3.63) is 64.2 Å². The number of benzene rings is 1. The van der Waals surface area contributed by atoms with Crippen molar-refractivity contribution in [1.82, 2.24) is 14.6 Å². The molecule has 1 fully saturated rings. The highest BCUT2D eigenvalue weighted by molar-refractivity contribution is 5.99. The summed E-state index contributed by atoms with van der Waals surface area (Å²) < 4.78 is 7.20. The summed E-state index contributed by atoms with van der Waals surface area (Å²) in [4.78, 5) is 17.8. The van der Waals surface area contributed by atoms with E-state index in [1.165, 1.54) is 16.8 Å². The molecule has 6 heteroatoms. The molecule has 0 unspecified atom stereocenters. The molecule has 3 heterocycles. The van der Waals surface area contributed by atoms with E-state index in [0.717, 1.165) is 54.7 Å². The van der Waals surface area contributed by atoms with E-state index in [1.54, 1.807) is 0 Å². The minimum absolute atomic E-state index is 0.162. The van der Waals surface area contributed by atoms with Gasteiger partial charge in [0.25, 0.3) is 0 Å². The number of carbonyl (C=O) groups is 1. The third-order valence-electron chi connectivity index (χ3n) is 6.23. The van der Waals surface area contributed by atoms with Gasteiger partial charge in [0.2, 0.25) is 0 Å². The van der Waals surface area contributed by atoms with Gasteiger partial charge in [0.05, 0.1) is 6.54 Å². The van der Waals surface area contributed by atoms with Gasteiger partial charge in [-0.25, -0.2) is 0 Å². The summed E-state index contributed by atoms with van der Waals surface area (Å²) in [5, 5.41) is 4.11. The van der Waals surface area contributed by atoms with E-state index in [4.69, 9.17) is 4.52 Å². The fourth-order valence-corrected chi connectivity index (χ4v) is 4.37. The van der Waals surface area contributed by atoms with Crippen molar-refractivity contribution in [2.45, 2.75) is 34.6 Å². The predicted molar refractivity (Wildman–Crippen MR) is 119 cm³/mol. The first-order valence-electron chi connectivity index (χ1n) is 10.5. The van der Waals surface area contributed by atoms with Gasteiger partial charge in [0.15, 0.2) is 11.6 Å². The molecule has 0 radical (unpaired) electrons. The number of nitrogens with zero attached hydrogens (tertiary/aromatic N) is 4. The Hall–Kier alpha value is -2.86. The van der Waals surface area contributed by atoms with Crippen molar-refractivity contribution in [2.24, 2.45) is 0 Å². The minimum Gasteiger partial charge on any atom is -0.369 e. The maximum Gasteiger partial charge on any atom is 0.180 e. The molecule has 3 aromatic rings. The topological polar surface area (TPSA) is 54.5 Å². The van der Waals surface area contributed by atoms with Crippen LogP contribution in [0.25, 0.3) is 5.82 Å². The molecule has 0 amide bonds. The van der Waals surface area contributed by atoms with Gasteiger partial charge in [-0.15, -0.1) is 0 Å². The molecule has 6 nitrogen and oxygen atoms in total. The van der Waals surface area contributed by atoms with E-state index in [0.29, 0.717) is 6.54 Å². The van der Waals surface area contributed by atoms with Crippen molar-refractivity contribution in [1.29, 1.82) is 0 Å². The van der Waals surface area contributed by atoms with E-state index in [-0.39, 0.29) is 5.78 Å². The number of aryl methyl sites for hydroxylation is 3. The highest BCUT2D eigenvalue weighted by atomic mass is 16.5. The van der Waals surface area contributed by atoms with Crippen LogP contribution >= 0.6 is 0 Å². The maximum atomic E-state index is 13.1. The summed E-state index contributed by atoms with van der Waals surface area (Å²) in [6.45, 7) is 14.3. The number of carbonyl (C=O) groups excluding carboxylic acids is 1. The van der Waals surface area contributed by atoms with Crippen LogP contribution in [0.4, 0.5) is 5.69 Å². The van der Waals surface area contributed by atoms with Crippen LogP contribution in [0.1, 0.15) is 38.6 Å². The number of aromatic nitrogens is 2. The smallest absolute Gasteiger partial charge is 0.180 e. The first kappa shape index (κ1) is 20.4. The van der Waals surface area contributed by atoms with Gasteiger partial charge in [0.1, 0.15) is 5.76 Å². The average Bonchev–Trinajstić information content (AvgIpc) is 3.27. The van der Waals surface area contributed by atoms with Gasteiger partial charge in [0, 0.05) is 54.9 Å². The van der Waals surface area contributed by atoms with Crippen LogP contribution in [0, 0.1) is 34.6 Å². The number of hydrogen-bond acceptors (Lipinski definition) is 5.